The Hall–Kier alpha value is -2.71. The highest BCUT2D eigenvalue weighted by Gasteiger charge is 2.16. The largest absolute Gasteiger partial charge is 0.289 e. The van der Waals surface area contributed by atoms with Crippen LogP contribution < -0.4 is 0 Å². The fourth-order valence-corrected chi connectivity index (χ4v) is 3.95. The normalized spacial score (nSPS) is 11.6. The molecule has 0 bridgehead atoms. The van der Waals surface area contributed by atoms with E-state index in [1.54, 1.807) is 0 Å². The first-order chi connectivity index (χ1) is 12.2. The number of carbonyl (C=O) groups is 1. The monoisotopic (exact) mass is 384 g/mol. The van der Waals surface area contributed by atoms with E-state index in [1.165, 1.54) is 26.9 Å². The van der Waals surface area contributed by atoms with Gasteiger partial charge in [0.25, 0.3) is 0 Å². The Labute approximate surface area is 153 Å². The minimum absolute atomic E-state index is 0.0606. The molecule has 25 heavy (non-hydrogen) atoms. The van der Waals surface area contributed by atoms with E-state index < -0.39 is 0 Å². The van der Waals surface area contributed by atoms with Crippen molar-refractivity contribution >= 4 is 54.0 Å². The SMILES string of the molecule is O=C(c1ccc(Br)cc1)c1ccc2ccc3cccc4ccc1c2c34. The molecular formula is C23H13BrO. The van der Waals surface area contributed by atoms with Gasteiger partial charge in [0.15, 0.2) is 5.78 Å². The predicted octanol–water partition coefficient (Wildman–Crippen LogP) is 6.58. The fourth-order valence-electron chi connectivity index (χ4n) is 3.69. The van der Waals surface area contributed by atoms with E-state index >= 15 is 0 Å². The molecule has 0 aliphatic carbocycles. The maximum absolute atomic E-state index is 13.1. The van der Waals surface area contributed by atoms with Gasteiger partial charge in [0.1, 0.15) is 0 Å². The van der Waals surface area contributed by atoms with Gasteiger partial charge in [-0.15, -0.1) is 0 Å². The maximum Gasteiger partial charge on any atom is 0.193 e. The highest BCUT2D eigenvalue weighted by atomic mass is 79.9. The third-order valence-corrected chi connectivity index (χ3v) is 5.41. The second-order valence-electron chi connectivity index (χ2n) is 6.31. The van der Waals surface area contributed by atoms with Crippen molar-refractivity contribution in [1.29, 1.82) is 0 Å². The van der Waals surface area contributed by atoms with E-state index in [0.717, 1.165) is 15.4 Å². The van der Waals surface area contributed by atoms with Gasteiger partial charge >= 0.3 is 0 Å². The molecule has 0 amide bonds. The molecule has 0 heterocycles. The lowest BCUT2D eigenvalue weighted by atomic mass is 9.90. The molecule has 2 heteroatoms. The van der Waals surface area contributed by atoms with E-state index in [2.05, 4.69) is 64.5 Å². The van der Waals surface area contributed by atoms with E-state index in [9.17, 15) is 4.79 Å². The lowest BCUT2D eigenvalue weighted by molar-refractivity contribution is 0.104. The summed E-state index contributed by atoms with van der Waals surface area (Å²) in [5.74, 6) is 0.0606. The smallest absolute Gasteiger partial charge is 0.193 e. The molecule has 0 atom stereocenters. The zero-order valence-electron chi connectivity index (χ0n) is 13.3. The van der Waals surface area contributed by atoms with Gasteiger partial charge in [-0.1, -0.05) is 64.5 Å². The molecule has 0 N–H and O–H groups in total. The Kier molecular flexibility index (Phi) is 3.16. The van der Waals surface area contributed by atoms with Gasteiger partial charge in [0.05, 0.1) is 0 Å². The highest BCUT2D eigenvalue weighted by molar-refractivity contribution is 9.10. The van der Waals surface area contributed by atoms with Crippen molar-refractivity contribution in [3.05, 3.63) is 94.5 Å². The summed E-state index contributed by atoms with van der Waals surface area (Å²) in [6.45, 7) is 0. The molecule has 0 aromatic heterocycles. The maximum atomic E-state index is 13.1. The molecule has 0 saturated heterocycles. The zero-order valence-corrected chi connectivity index (χ0v) is 14.9. The molecule has 1 nitrogen and oxygen atoms in total. The quantitative estimate of drug-likeness (QED) is 0.248. The van der Waals surface area contributed by atoms with Crippen LogP contribution in [0.1, 0.15) is 15.9 Å². The summed E-state index contributed by atoms with van der Waals surface area (Å²) in [5.41, 5.74) is 1.46. The van der Waals surface area contributed by atoms with Crippen molar-refractivity contribution in [3.8, 4) is 0 Å². The molecule has 0 aliphatic rings. The number of hydrogen-bond donors (Lipinski definition) is 0. The summed E-state index contributed by atoms with van der Waals surface area (Å²) in [6.07, 6.45) is 0. The van der Waals surface area contributed by atoms with Crippen LogP contribution in [0.2, 0.25) is 0 Å². The van der Waals surface area contributed by atoms with Gasteiger partial charge in [0.2, 0.25) is 0 Å². The first kappa shape index (κ1) is 14.6. The van der Waals surface area contributed by atoms with Crippen molar-refractivity contribution in [2.45, 2.75) is 0 Å². The standard InChI is InChI=1S/C23H13BrO/c24-18-10-6-17(7-11-18)23(25)20-13-9-16-5-4-14-2-1-3-15-8-12-19(20)22(16)21(14)15/h1-13H. The molecule has 5 rings (SSSR count). The van der Waals surface area contributed by atoms with Gasteiger partial charge in [-0.05, 0) is 62.6 Å². The Morgan fingerprint density at radius 1 is 0.640 bits per heavy atom. The van der Waals surface area contributed by atoms with Crippen LogP contribution in [0, 0.1) is 0 Å². The summed E-state index contributed by atoms with van der Waals surface area (Å²) in [4.78, 5) is 13.1. The van der Waals surface area contributed by atoms with Gasteiger partial charge < -0.3 is 0 Å². The number of rotatable bonds is 2. The second kappa shape index (κ2) is 5.40. The van der Waals surface area contributed by atoms with Crippen LogP contribution >= 0.6 is 15.9 Å². The van der Waals surface area contributed by atoms with Crippen molar-refractivity contribution < 1.29 is 4.79 Å². The van der Waals surface area contributed by atoms with Crippen molar-refractivity contribution in [3.63, 3.8) is 0 Å². The number of ketones is 1. The minimum atomic E-state index is 0.0606. The molecule has 0 fully saturated rings. The van der Waals surface area contributed by atoms with Crippen LogP contribution in [-0.4, -0.2) is 5.78 Å². The Morgan fingerprint density at radius 3 is 1.96 bits per heavy atom. The number of hydrogen-bond acceptors (Lipinski definition) is 1. The van der Waals surface area contributed by atoms with Gasteiger partial charge in [-0.2, -0.15) is 0 Å². The van der Waals surface area contributed by atoms with Gasteiger partial charge in [-0.25, -0.2) is 0 Å². The average molecular weight is 385 g/mol. The van der Waals surface area contributed by atoms with E-state index in [-0.39, 0.29) is 5.78 Å². The zero-order chi connectivity index (χ0) is 17.0. The first-order valence-corrected chi connectivity index (χ1v) is 8.98. The van der Waals surface area contributed by atoms with Crippen LogP contribution in [-0.2, 0) is 0 Å². The van der Waals surface area contributed by atoms with E-state index in [4.69, 9.17) is 0 Å². The molecular weight excluding hydrogens is 372 g/mol. The molecule has 0 unspecified atom stereocenters. The molecule has 0 radical (unpaired) electrons. The number of halogens is 1. The van der Waals surface area contributed by atoms with Crippen molar-refractivity contribution in [1.82, 2.24) is 0 Å². The molecule has 118 valence electrons. The molecule has 0 spiro atoms. The second-order valence-corrected chi connectivity index (χ2v) is 7.22. The number of carbonyl (C=O) groups excluding carboxylic acids is 1. The first-order valence-electron chi connectivity index (χ1n) is 8.19. The Bertz CT molecular complexity index is 1240. The highest BCUT2D eigenvalue weighted by Crippen LogP contribution is 2.36. The summed E-state index contributed by atoms with van der Waals surface area (Å²) in [5, 5.41) is 7.04. The Balaban J connectivity index is 1.84. The van der Waals surface area contributed by atoms with Crippen LogP contribution in [0.3, 0.4) is 0 Å². The summed E-state index contributed by atoms with van der Waals surface area (Å²) < 4.78 is 0.972. The third-order valence-electron chi connectivity index (χ3n) is 4.88. The van der Waals surface area contributed by atoms with E-state index in [1.807, 2.05) is 30.3 Å². The molecule has 5 aromatic carbocycles. The summed E-state index contributed by atoms with van der Waals surface area (Å²) in [7, 11) is 0. The molecule has 0 aliphatic heterocycles. The molecule has 0 saturated carbocycles. The average Bonchev–Trinajstić information content (AvgIpc) is 2.66. The predicted molar refractivity (Wildman–Crippen MR) is 108 cm³/mol. The lowest BCUT2D eigenvalue weighted by Gasteiger charge is -2.13. The van der Waals surface area contributed by atoms with E-state index in [0.29, 0.717) is 5.56 Å². The van der Waals surface area contributed by atoms with Crippen LogP contribution in [0.15, 0.2) is 83.3 Å². The lowest BCUT2D eigenvalue weighted by Crippen LogP contribution is -2.02. The fraction of sp³-hybridized carbons (Fsp3) is 0. The number of benzene rings is 5. The summed E-state index contributed by atoms with van der Waals surface area (Å²) >= 11 is 3.42. The minimum Gasteiger partial charge on any atom is -0.289 e. The van der Waals surface area contributed by atoms with Crippen LogP contribution in [0.4, 0.5) is 0 Å². The topological polar surface area (TPSA) is 17.1 Å². The summed E-state index contributed by atoms with van der Waals surface area (Å²) in [6, 6.07) is 26.4. The molecule has 5 aromatic rings. The van der Waals surface area contributed by atoms with Crippen LogP contribution in [0.5, 0.6) is 0 Å². The van der Waals surface area contributed by atoms with Crippen LogP contribution in [0.25, 0.3) is 32.3 Å². The Morgan fingerprint density at radius 2 is 1.24 bits per heavy atom. The van der Waals surface area contributed by atoms with Gasteiger partial charge in [-0.3, -0.25) is 4.79 Å². The van der Waals surface area contributed by atoms with Gasteiger partial charge in [0, 0.05) is 15.6 Å². The van der Waals surface area contributed by atoms with Crippen molar-refractivity contribution in [2.24, 2.45) is 0 Å². The third kappa shape index (κ3) is 2.18. The van der Waals surface area contributed by atoms with Crippen molar-refractivity contribution in [2.75, 3.05) is 0 Å².